The zero-order valence-corrected chi connectivity index (χ0v) is 15.1. The zero-order valence-electron chi connectivity index (χ0n) is 15.1. The van der Waals surface area contributed by atoms with Crippen LogP contribution in [0.25, 0.3) is 0 Å². The number of anilines is 1. The van der Waals surface area contributed by atoms with Gasteiger partial charge in [0.15, 0.2) is 0 Å². The summed E-state index contributed by atoms with van der Waals surface area (Å²) in [6, 6.07) is 10.8. The highest BCUT2D eigenvalue weighted by Gasteiger charge is 2.23. The molecule has 0 radical (unpaired) electrons. The summed E-state index contributed by atoms with van der Waals surface area (Å²) in [7, 11) is 2.06. The lowest BCUT2D eigenvalue weighted by molar-refractivity contribution is 0.248. The third kappa shape index (κ3) is 3.79. The molecule has 1 N–H and O–H groups in total. The van der Waals surface area contributed by atoms with Crippen molar-refractivity contribution in [3.63, 3.8) is 0 Å². The van der Waals surface area contributed by atoms with E-state index in [1.165, 1.54) is 16.9 Å². The number of hydrogen-bond donors (Lipinski definition) is 1. The molecule has 2 heterocycles. The van der Waals surface area contributed by atoms with Crippen LogP contribution in [0.5, 0.6) is 0 Å². The van der Waals surface area contributed by atoms with Gasteiger partial charge in [0.1, 0.15) is 5.82 Å². The van der Waals surface area contributed by atoms with E-state index < -0.39 is 0 Å². The first-order valence-electron chi connectivity index (χ1n) is 8.93. The van der Waals surface area contributed by atoms with Crippen molar-refractivity contribution >= 4 is 5.82 Å². The number of benzene rings is 1. The molecular formula is C19H29N5. The van der Waals surface area contributed by atoms with Gasteiger partial charge in [0, 0.05) is 51.9 Å². The van der Waals surface area contributed by atoms with Crippen molar-refractivity contribution in [1.82, 2.24) is 20.0 Å². The third-order valence-electron chi connectivity index (χ3n) is 4.79. The first kappa shape index (κ1) is 17.0. The van der Waals surface area contributed by atoms with E-state index in [1.54, 1.807) is 0 Å². The second-order valence-electron chi connectivity index (χ2n) is 6.54. The van der Waals surface area contributed by atoms with Crippen molar-refractivity contribution in [2.75, 3.05) is 37.6 Å². The Balaban J connectivity index is 1.64. The average molecular weight is 327 g/mol. The highest BCUT2D eigenvalue weighted by atomic mass is 15.4. The van der Waals surface area contributed by atoms with Crippen molar-refractivity contribution in [2.24, 2.45) is 7.05 Å². The van der Waals surface area contributed by atoms with Gasteiger partial charge in [0.05, 0.1) is 5.69 Å². The molecule has 5 heteroatoms. The van der Waals surface area contributed by atoms with Crippen LogP contribution in [0.2, 0.25) is 0 Å². The van der Waals surface area contributed by atoms with E-state index in [-0.39, 0.29) is 0 Å². The summed E-state index contributed by atoms with van der Waals surface area (Å²) >= 11 is 0. The Morgan fingerprint density at radius 3 is 2.46 bits per heavy atom. The topological polar surface area (TPSA) is 36.3 Å². The maximum atomic E-state index is 4.65. The second kappa shape index (κ2) is 7.81. The van der Waals surface area contributed by atoms with Gasteiger partial charge in [-0.15, -0.1) is 0 Å². The molecule has 1 aromatic heterocycles. The number of nitrogens with one attached hydrogen (secondary N) is 1. The molecule has 0 amide bonds. The number of aryl methyl sites for hydroxylation is 2. The number of hydrogen-bond acceptors (Lipinski definition) is 4. The minimum atomic E-state index is 0.899. The molecule has 0 atom stereocenters. The van der Waals surface area contributed by atoms with Gasteiger partial charge in [-0.2, -0.15) is 5.10 Å². The summed E-state index contributed by atoms with van der Waals surface area (Å²) < 4.78 is 2.05. The van der Waals surface area contributed by atoms with Gasteiger partial charge in [0.2, 0.25) is 0 Å². The predicted octanol–water partition coefficient (Wildman–Crippen LogP) is 2.16. The molecule has 24 heavy (non-hydrogen) atoms. The molecule has 2 aromatic rings. The number of rotatable bonds is 6. The van der Waals surface area contributed by atoms with Crippen LogP contribution in [0.4, 0.5) is 5.82 Å². The molecule has 3 rings (SSSR count). The average Bonchev–Trinajstić information content (AvgIpc) is 2.88. The fourth-order valence-electron chi connectivity index (χ4n) is 3.50. The summed E-state index contributed by atoms with van der Waals surface area (Å²) in [4.78, 5) is 5.03. The highest BCUT2D eigenvalue weighted by molar-refractivity contribution is 5.50. The minimum absolute atomic E-state index is 0.899. The lowest BCUT2D eigenvalue weighted by Gasteiger charge is -2.36. The number of nitrogens with zero attached hydrogens (tertiary/aromatic N) is 4. The standard InChI is InChI=1S/C19H29N5/c1-4-20-14-18-16(2)21-22(3)19(18)24-12-10-23(11-13-24)15-17-8-6-5-7-9-17/h5-9,20H,4,10-15H2,1-3H3. The van der Waals surface area contributed by atoms with E-state index in [1.807, 2.05) is 0 Å². The molecule has 1 aromatic carbocycles. The molecule has 1 saturated heterocycles. The van der Waals surface area contributed by atoms with Crippen LogP contribution >= 0.6 is 0 Å². The van der Waals surface area contributed by atoms with E-state index in [0.29, 0.717) is 0 Å². The summed E-state index contributed by atoms with van der Waals surface area (Å²) in [6.45, 7) is 11.5. The van der Waals surface area contributed by atoms with Gasteiger partial charge in [-0.1, -0.05) is 37.3 Å². The smallest absolute Gasteiger partial charge is 0.131 e. The van der Waals surface area contributed by atoms with E-state index in [0.717, 1.165) is 51.5 Å². The van der Waals surface area contributed by atoms with Crippen LogP contribution in [-0.2, 0) is 20.1 Å². The van der Waals surface area contributed by atoms with Gasteiger partial charge < -0.3 is 10.2 Å². The third-order valence-corrected chi connectivity index (χ3v) is 4.79. The van der Waals surface area contributed by atoms with Crippen LogP contribution in [-0.4, -0.2) is 47.4 Å². The quantitative estimate of drug-likeness (QED) is 0.882. The van der Waals surface area contributed by atoms with Crippen molar-refractivity contribution in [2.45, 2.75) is 26.9 Å². The molecule has 1 aliphatic rings. The van der Waals surface area contributed by atoms with Crippen molar-refractivity contribution in [3.8, 4) is 0 Å². The number of aromatic nitrogens is 2. The lowest BCUT2D eigenvalue weighted by atomic mass is 10.2. The lowest BCUT2D eigenvalue weighted by Crippen LogP contribution is -2.47. The summed E-state index contributed by atoms with van der Waals surface area (Å²) in [5.74, 6) is 1.29. The normalized spacial score (nSPS) is 15.9. The van der Waals surface area contributed by atoms with Gasteiger partial charge in [-0.05, 0) is 19.0 Å². The van der Waals surface area contributed by atoms with E-state index in [2.05, 4.69) is 76.1 Å². The van der Waals surface area contributed by atoms with Crippen molar-refractivity contribution in [1.29, 1.82) is 0 Å². The Hall–Kier alpha value is -1.85. The molecule has 0 aliphatic carbocycles. The first-order valence-corrected chi connectivity index (χ1v) is 8.93. The summed E-state index contributed by atoms with van der Waals surface area (Å²) in [6.07, 6.45) is 0. The molecule has 0 bridgehead atoms. The second-order valence-corrected chi connectivity index (χ2v) is 6.54. The van der Waals surface area contributed by atoms with E-state index >= 15 is 0 Å². The molecule has 0 saturated carbocycles. The van der Waals surface area contributed by atoms with Crippen molar-refractivity contribution in [3.05, 3.63) is 47.2 Å². The summed E-state index contributed by atoms with van der Waals surface area (Å²) in [5.41, 5.74) is 3.88. The Morgan fingerprint density at radius 1 is 1.08 bits per heavy atom. The molecular weight excluding hydrogens is 298 g/mol. The van der Waals surface area contributed by atoms with Crippen LogP contribution in [0.1, 0.15) is 23.7 Å². The Labute approximate surface area is 145 Å². The Morgan fingerprint density at radius 2 is 1.79 bits per heavy atom. The fourth-order valence-corrected chi connectivity index (χ4v) is 3.50. The zero-order chi connectivity index (χ0) is 16.9. The van der Waals surface area contributed by atoms with E-state index in [4.69, 9.17) is 0 Å². The molecule has 5 nitrogen and oxygen atoms in total. The largest absolute Gasteiger partial charge is 0.354 e. The van der Waals surface area contributed by atoms with Crippen LogP contribution in [0.3, 0.4) is 0 Å². The monoisotopic (exact) mass is 327 g/mol. The fraction of sp³-hybridized carbons (Fsp3) is 0.526. The molecule has 130 valence electrons. The predicted molar refractivity (Wildman–Crippen MR) is 99.3 cm³/mol. The first-order chi connectivity index (χ1) is 11.7. The SMILES string of the molecule is CCNCc1c(C)nn(C)c1N1CCN(Cc2ccccc2)CC1. The van der Waals surface area contributed by atoms with Crippen LogP contribution in [0, 0.1) is 6.92 Å². The van der Waals surface area contributed by atoms with E-state index in [9.17, 15) is 0 Å². The number of piperazine rings is 1. The minimum Gasteiger partial charge on any atom is -0.354 e. The molecule has 1 aliphatic heterocycles. The maximum absolute atomic E-state index is 4.65. The Kier molecular flexibility index (Phi) is 5.53. The molecule has 0 spiro atoms. The Bertz CT molecular complexity index is 641. The molecule has 1 fully saturated rings. The van der Waals surface area contributed by atoms with Crippen molar-refractivity contribution < 1.29 is 0 Å². The maximum Gasteiger partial charge on any atom is 0.131 e. The van der Waals surface area contributed by atoms with Crippen LogP contribution < -0.4 is 10.2 Å². The molecule has 0 unspecified atom stereocenters. The van der Waals surface area contributed by atoms with Crippen LogP contribution in [0.15, 0.2) is 30.3 Å². The van der Waals surface area contributed by atoms with Gasteiger partial charge in [-0.25, -0.2) is 0 Å². The highest BCUT2D eigenvalue weighted by Crippen LogP contribution is 2.24. The van der Waals surface area contributed by atoms with Gasteiger partial charge in [-0.3, -0.25) is 9.58 Å². The van der Waals surface area contributed by atoms with Gasteiger partial charge >= 0.3 is 0 Å². The van der Waals surface area contributed by atoms with Gasteiger partial charge in [0.25, 0.3) is 0 Å². The summed E-state index contributed by atoms with van der Waals surface area (Å²) in [5, 5.41) is 8.10.